The second-order valence-corrected chi connectivity index (χ2v) is 16.7. The van der Waals surface area contributed by atoms with Gasteiger partial charge in [-0.05, 0) is 89.6 Å². The second-order valence-electron chi connectivity index (χ2n) is 14.7. The molecule has 5 aromatic carbocycles. The highest BCUT2D eigenvalue weighted by molar-refractivity contribution is 6.48. The molecule has 8 heteroatoms. The Morgan fingerprint density at radius 1 is 0.774 bits per heavy atom. The molecule has 0 aliphatic rings. The number of nitrogens with zero attached hydrogens (tertiary/aromatic N) is 1. The Hall–Kier alpha value is -5.15. The van der Waals surface area contributed by atoms with Crippen LogP contribution in [0, 0.1) is 5.41 Å². The molecule has 1 heterocycles. The number of hydrogen-bond donors (Lipinski definition) is 2. The standard InChI is InChI=1S/C45H50N3O4Si/c1-45(2,3)40(37-22-25-42(44-38(37)23-26-43(49)47-44)51-31-33-13-9-7-10-14-33)30-48(52-53(5)6)28-27-32-17-19-35(20-18-32)46-36-21-24-41(50-4)39(29-36)34-15-11-8-12-16-34/h7-26,29,40,46H,27-28,30-31H2,1-6H3,(H,47,49)/t40-/m0/s1. The zero-order valence-electron chi connectivity index (χ0n) is 31.6. The molecular weight excluding hydrogens is 675 g/mol. The number of hydroxylamine groups is 2. The van der Waals surface area contributed by atoms with Gasteiger partial charge in [0.1, 0.15) is 18.1 Å². The molecule has 0 aliphatic heterocycles. The summed E-state index contributed by atoms with van der Waals surface area (Å²) < 4.78 is 18.5. The average Bonchev–Trinajstić information content (AvgIpc) is 3.15. The lowest BCUT2D eigenvalue weighted by molar-refractivity contribution is -0.0728. The van der Waals surface area contributed by atoms with Gasteiger partial charge in [-0.25, -0.2) is 5.06 Å². The van der Waals surface area contributed by atoms with Crippen LogP contribution in [0.5, 0.6) is 11.5 Å². The Morgan fingerprint density at radius 2 is 1.45 bits per heavy atom. The topological polar surface area (TPSA) is 75.8 Å². The first-order chi connectivity index (χ1) is 25.6. The van der Waals surface area contributed by atoms with Gasteiger partial charge in [-0.3, -0.25) is 4.79 Å². The maximum atomic E-state index is 12.6. The summed E-state index contributed by atoms with van der Waals surface area (Å²) in [5.41, 5.74) is 8.12. The van der Waals surface area contributed by atoms with E-state index in [1.807, 2.05) is 72.8 Å². The number of nitrogens with one attached hydrogen (secondary N) is 2. The molecule has 1 atom stereocenters. The lowest BCUT2D eigenvalue weighted by Gasteiger charge is -2.37. The molecule has 0 spiro atoms. The van der Waals surface area contributed by atoms with E-state index in [1.165, 1.54) is 5.56 Å². The predicted octanol–water partition coefficient (Wildman–Crippen LogP) is 10.4. The van der Waals surface area contributed by atoms with Crippen LogP contribution < -0.4 is 20.3 Å². The minimum atomic E-state index is -1.03. The molecule has 0 fully saturated rings. The molecule has 0 aliphatic carbocycles. The van der Waals surface area contributed by atoms with Crippen LogP contribution in [-0.2, 0) is 17.6 Å². The van der Waals surface area contributed by atoms with Crippen LogP contribution in [0.1, 0.15) is 43.4 Å². The summed E-state index contributed by atoms with van der Waals surface area (Å²) in [6, 6.07) is 42.9. The fraction of sp³-hybridized carbons (Fsp3) is 0.267. The van der Waals surface area contributed by atoms with Crippen LogP contribution in [0.25, 0.3) is 22.0 Å². The molecular formula is C45H50N3O4Si. The lowest BCUT2D eigenvalue weighted by Crippen LogP contribution is -2.38. The highest BCUT2D eigenvalue weighted by Gasteiger charge is 2.31. The molecule has 273 valence electrons. The van der Waals surface area contributed by atoms with Gasteiger partial charge in [0, 0.05) is 47.4 Å². The summed E-state index contributed by atoms with van der Waals surface area (Å²) in [4.78, 5) is 15.6. The van der Waals surface area contributed by atoms with Crippen molar-refractivity contribution < 1.29 is 14.0 Å². The zero-order valence-corrected chi connectivity index (χ0v) is 32.6. The summed E-state index contributed by atoms with van der Waals surface area (Å²) in [6.07, 6.45) is 0.841. The summed E-state index contributed by atoms with van der Waals surface area (Å²) >= 11 is 0. The van der Waals surface area contributed by atoms with Gasteiger partial charge in [0.2, 0.25) is 14.6 Å². The third kappa shape index (κ3) is 9.84. The van der Waals surface area contributed by atoms with Crippen LogP contribution >= 0.6 is 0 Å². The minimum Gasteiger partial charge on any atom is -0.496 e. The molecule has 0 amide bonds. The van der Waals surface area contributed by atoms with Crippen molar-refractivity contribution in [3.63, 3.8) is 0 Å². The number of ether oxygens (including phenoxy) is 2. The van der Waals surface area contributed by atoms with Crippen LogP contribution in [0.4, 0.5) is 11.4 Å². The van der Waals surface area contributed by atoms with Crippen LogP contribution in [0.3, 0.4) is 0 Å². The Kier molecular flexibility index (Phi) is 12.1. The van der Waals surface area contributed by atoms with Crippen molar-refractivity contribution in [2.75, 3.05) is 25.5 Å². The molecule has 53 heavy (non-hydrogen) atoms. The Bertz CT molecular complexity index is 2150. The van der Waals surface area contributed by atoms with E-state index in [-0.39, 0.29) is 16.9 Å². The quantitative estimate of drug-likeness (QED) is 0.0811. The fourth-order valence-electron chi connectivity index (χ4n) is 6.69. The molecule has 0 unspecified atom stereocenters. The van der Waals surface area contributed by atoms with Crippen molar-refractivity contribution in [2.24, 2.45) is 5.41 Å². The molecule has 7 nitrogen and oxygen atoms in total. The van der Waals surface area contributed by atoms with Gasteiger partial charge in [0.05, 0.1) is 12.6 Å². The molecule has 6 rings (SSSR count). The fourth-order valence-corrected chi connectivity index (χ4v) is 7.37. The SMILES string of the molecule is COc1ccc(Nc2ccc(CCN(C[C@@H](c3ccc(OCc4ccccc4)c4[nH]c(=O)ccc34)C(C)(C)C)O[Si](C)C)cc2)cc1-c1ccccc1. The van der Waals surface area contributed by atoms with Crippen LogP contribution in [0.2, 0.25) is 13.1 Å². The first kappa shape index (κ1) is 37.6. The number of aromatic nitrogens is 1. The maximum Gasteiger partial charge on any atom is 0.248 e. The van der Waals surface area contributed by atoms with Gasteiger partial charge in [0.15, 0.2) is 0 Å². The third-order valence-electron chi connectivity index (χ3n) is 9.42. The number of anilines is 2. The van der Waals surface area contributed by atoms with E-state index in [4.69, 9.17) is 14.0 Å². The van der Waals surface area contributed by atoms with Gasteiger partial charge in [-0.1, -0.05) is 99.6 Å². The summed E-state index contributed by atoms with van der Waals surface area (Å²) in [5.74, 6) is 1.62. The van der Waals surface area contributed by atoms with Crippen molar-refractivity contribution >= 4 is 31.3 Å². The maximum absolute atomic E-state index is 12.6. The van der Waals surface area contributed by atoms with Crippen molar-refractivity contribution in [3.8, 4) is 22.6 Å². The van der Waals surface area contributed by atoms with Crippen molar-refractivity contribution in [1.82, 2.24) is 10.0 Å². The third-order valence-corrected chi connectivity index (χ3v) is 10.0. The molecule has 0 saturated carbocycles. The van der Waals surface area contributed by atoms with Crippen molar-refractivity contribution in [1.29, 1.82) is 0 Å². The normalized spacial score (nSPS) is 12.3. The van der Waals surface area contributed by atoms with E-state index >= 15 is 0 Å². The average molecular weight is 725 g/mol. The number of H-pyrrole nitrogens is 1. The first-order valence-corrected chi connectivity index (χ1v) is 20.6. The van der Waals surface area contributed by atoms with Crippen molar-refractivity contribution in [3.05, 3.63) is 154 Å². The monoisotopic (exact) mass is 724 g/mol. The summed E-state index contributed by atoms with van der Waals surface area (Å²) in [7, 11) is 0.680. The number of methoxy groups -OCH3 is 1. The number of hydrogen-bond acceptors (Lipinski definition) is 6. The lowest BCUT2D eigenvalue weighted by atomic mass is 9.75. The van der Waals surface area contributed by atoms with Gasteiger partial charge in [0.25, 0.3) is 0 Å². The number of aromatic amines is 1. The number of fused-ring (bicyclic) bond motifs is 1. The van der Waals surface area contributed by atoms with E-state index in [2.05, 4.69) is 97.8 Å². The van der Waals surface area contributed by atoms with Gasteiger partial charge in [-0.2, -0.15) is 0 Å². The van der Waals surface area contributed by atoms with E-state index < -0.39 is 9.04 Å². The molecule has 1 aromatic heterocycles. The van der Waals surface area contributed by atoms with Gasteiger partial charge < -0.3 is 24.3 Å². The highest BCUT2D eigenvalue weighted by Crippen LogP contribution is 2.41. The van der Waals surface area contributed by atoms with E-state index in [0.717, 1.165) is 63.2 Å². The highest BCUT2D eigenvalue weighted by atomic mass is 28.3. The molecule has 0 bridgehead atoms. The summed E-state index contributed by atoms with van der Waals surface area (Å²) in [5, 5.41) is 6.72. The van der Waals surface area contributed by atoms with Crippen LogP contribution in [0.15, 0.2) is 132 Å². The molecule has 2 N–H and O–H groups in total. The predicted molar refractivity (Wildman–Crippen MR) is 220 cm³/mol. The second kappa shape index (κ2) is 17.1. The number of rotatable bonds is 15. The van der Waals surface area contributed by atoms with E-state index in [1.54, 1.807) is 13.2 Å². The van der Waals surface area contributed by atoms with E-state index in [9.17, 15) is 4.79 Å². The number of pyridine rings is 1. The van der Waals surface area contributed by atoms with Crippen molar-refractivity contribution in [2.45, 2.75) is 52.8 Å². The van der Waals surface area contributed by atoms with Gasteiger partial charge in [-0.15, -0.1) is 0 Å². The Labute approximate surface area is 315 Å². The zero-order chi connectivity index (χ0) is 37.4. The molecule has 1 radical (unpaired) electrons. The van der Waals surface area contributed by atoms with Gasteiger partial charge >= 0.3 is 0 Å². The first-order valence-electron chi connectivity index (χ1n) is 18.2. The molecule has 6 aromatic rings. The smallest absolute Gasteiger partial charge is 0.248 e. The van der Waals surface area contributed by atoms with E-state index in [0.29, 0.717) is 18.9 Å². The summed E-state index contributed by atoms with van der Waals surface area (Å²) in [6.45, 7) is 13.0. The minimum absolute atomic E-state index is 0.0966. The number of benzene rings is 5. The van der Waals surface area contributed by atoms with Crippen LogP contribution in [-0.4, -0.2) is 39.3 Å². The largest absolute Gasteiger partial charge is 0.496 e. The Morgan fingerprint density at radius 3 is 2.13 bits per heavy atom. The molecule has 0 saturated heterocycles. The Balaban J connectivity index is 1.18.